The number of anilines is 1. The van der Waals surface area contributed by atoms with Gasteiger partial charge in [-0.25, -0.2) is 8.42 Å². The standard InChI is InChI=1S/C17H25N3O4S/c1-5-8-13-11-17(21)20(18-13)15-12-14(9-10-16(15)24-4)25(22,23)19(6-2)7-3/h9-10,12H,5-8,11H2,1-4H3. The van der Waals surface area contributed by atoms with Crippen LogP contribution in [0.2, 0.25) is 0 Å². The molecule has 1 heterocycles. The Morgan fingerprint density at radius 2 is 1.92 bits per heavy atom. The maximum Gasteiger partial charge on any atom is 0.253 e. The van der Waals surface area contributed by atoms with Gasteiger partial charge in [-0.15, -0.1) is 0 Å². The van der Waals surface area contributed by atoms with Crippen molar-refractivity contribution in [3.63, 3.8) is 0 Å². The van der Waals surface area contributed by atoms with Gasteiger partial charge in [0.1, 0.15) is 11.4 Å². The van der Waals surface area contributed by atoms with Crippen LogP contribution in [0.15, 0.2) is 28.2 Å². The normalized spacial score (nSPS) is 15.0. The van der Waals surface area contributed by atoms with Crippen molar-refractivity contribution >= 4 is 27.3 Å². The number of nitrogens with zero attached hydrogens (tertiary/aromatic N) is 3. The highest BCUT2D eigenvalue weighted by Crippen LogP contribution is 2.34. The lowest BCUT2D eigenvalue weighted by molar-refractivity contribution is -0.116. The lowest BCUT2D eigenvalue weighted by Crippen LogP contribution is -2.31. The summed E-state index contributed by atoms with van der Waals surface area (Å²) in [5.41, 5.74) is 1.15. The van der Waals surface area contributed by atoms with E-state index in [9.17, 15) is 13.2 Å². The third-order valence-corrected chi connectivity index (χ3v) is 6.14. The van der Waals surface area contributed by atoms with Gasteiger partial charge in [0.2, 0.25) is 10.0 Å². The van der Waals surface area contributed by atoms with Crippen LogP contribution in [0.3, 0.4) is 0 Å². The summed E-state index contributed by atoms with van der Waals surface area (Å²) < 4.78 is 32.2. The van der Waals surface area contributed by atoms with Crippen LogP contribution in [0, 0.1) is 0 Å². The number of hydrazone groups is 1. The summed E-state index contributed by atoms with van der Waals surface area (Å²) in [5.74, 6) is 0.229. The number of methoxy groups -OCH3 is 1. The zero-order chi connectivity index (χ0) is 18.6. The lowest BCUT2D eigenvalue weighted by atomic mass is 10.2. The molecule has 0 saturated carbocycles. The minimum absolute atomic E-state index is 0.124. The monoisotopic (exact) mass is 367 g/mol. The second-order valence-electron chi connectivity index (χ2n) is 5.72. The van der Waals surface area contributed by atoms with Crippen molar-refractivity contribution in [2.45, 2.75) is 44.9 Å². The molecule has 138 valence electrons. The number of ether oxygens (including phenoxy) is 1. The van der Waals surface area contributed by atoms with E-state index >= 15 is 0 Å². The molecule has 2 rings (SSSR count). The minimum atomic E-state index is -3.63. The summed E-state index contributed by atoms with van der Waals surface area (Å²) >= 11 is 0. The summed E-state index contributed by atoms with van der Waals surface area (Å²) in [5, 5.41) is 5.61. The van der Waals surface area contributed by atoms with Gasteiger partial charge in [0.25, 0.3) is 5.91 Å². The Bertz CT molecular complexity index is 770. The number of rotatable bonds is 8. The molecule has 0 unspecified atom stereocenters. The number of carbonyl (C=O) groups excluding carboxylic acids is 1. The Hall–Kier alpha value is -1.93. The number of sulfonamides is 1. The molecule has 0 saturated heterocycles. The Kier molecular flexibility index (Phi) is 6.18. The second-order valence-corrected chi connectivity index (χ2v) is 7.66. The predicted octanol–water partition coefficient (Wildman–Crippen LogP) is 2.62. The van der Waals surface area contributed by atoms with Gasteiger partial charge in [0, 0.05) is 18.8 Å². The molecule has 0 aliphatic carbocycles. The third-order valence-electron chi connectivity index (χ3n) is 4.09. The predicted molar refractivity (Wildman–Crippen MR) is 97.5 cm³/mol. The van der Waals surface area contributed by atoms with E-state index in [0.29, 0.717) is 24.5 Å². The van der Waals surface area contributed by atoms with Crippen molar-refractivity contribution in [2.24, 2.45) is 5.10 Å². The van der Waals surface area contributed by atoms with Crippen LogP contribution < -0.4 is 9.75 Å². The van der Waals surface area contributed by atoms with E-state index in [2.05, 4.69) is 5.10 Å². The Balaban J connectivity index is 2.50. The molecule has 1 aromatic rings. The number of carbonyl (C=O) groups is 1. The van der Waals surface area contributed by atoms with Gasteiger partial charge in [0.05, 0.1) is 18.4 Å². The quantitative estimate of drug-likeness (QED) is 0.707. The highest BCUT2D eigenvalue weighted by Gasteiger charge is 2.29. The average Bonchev–Trinajstić information content (AvgIpc) is 2.95. The Morgan fingerprint density at radius 3 is 2.48 bits per heavy atom. The third kappa shape index (κ3) is 3.85. The number of amides is 1. The van der Waals surface area contributed by atoms with E-state index in [1.165, 1.54) is 28.6 Å². The molecule has 0 radical (unpaired) electrons. The van der Waals surface area contributed by atoms with Gasteiger partial charge < -0.3 is 4.74 Å². The molecule has 0 fully saturated rings. The first kappa shape index (κ1) is 19.4. The Labute approximate surface area is 149 Å². The van der Waals surface area contributed by atoms with E-state index in [0.717, 1.165) is 18.6 Å². The van der Waals surface area contributed by atoms with Crippen molar-refractivity contribution in [1.29, 1.82) is 0 Å². The van der Waals surface area contributed by atoms with Crippen LogP contribution in [-0.2, 0) is 14.8 Å². The van der Waals surface area contributed by atoms with Gasteiger partial charge in [-0.1, -0.05) is 27.2 Å². The minimum Gasteiger partial charge on any atom is -0.494 e. The van der Waals surface area contributed by atoms with Crippen LogP contribution >= 0.6 is 0 Å². The fourth-order valence-electron chi connectivity index (χ4n) is 2.81. The molecule has 1 aromatic carbocycles. The summed E-state index contributed by atoms with van der Waals surface area (Å²) in [7, 11) is -2.15. The molecule has 0 spiro atoms. The van der Waals surface area contributed by atoms with Gasteiger partial charge in [-0.2, -0.15) is 14.4 Å². The van der Waals surface area contributed by atoms with Crippen LogP contribution in [0.1, 0.15) is 40.0 Å². The van der Waals surface area contributed by atoms with Crippen LogP contribution in [-0.4, -0.2) is 44.5 Å². The summed E-state index contributed by atoms with van der Waals surface area (Å²) in [6, 6.07) is 4.52. The first-order chi connectivity index (χ1) is 11.9. The molecule has 1 aliphatic heterocycles. The van der Waals surface area contributed by atoms with Gasteiger partial charge in [-0.05, 0) is 24.6 Å². The molecule has 0 aromatic heterocycles. The van der Waals surface area contributed by atoms with Crippen molar-refractivity contribution in [1.82, 2.24) is 4.31 Å². The SMILES string of the molecule is CCCC1=NN(c2cc(S(=O)(=O)N(CC)CC)ccc2OC)C(=O)C1. The molecule has 7 nitrogen and oxygen atoms in total. The van der Waals surface area contributed by atoms with E-state index in [4.69, 9.17) is 4.74 Å². The average molecular weight is 367 g/mol. The fraction of sp³-hybridized carbons (Fsp3) is 0.529. The second kappa shape index (κ2) is 7.97. The maximum absolute atomic E-state index is 12.8. The van der Waals surface area contributed by atoms with Crippen molar-refractivity contribution < 1.29 is 17.9 Å². The van der Waals surface area contributed by atoms with Crippen molar-refractivity contribution in [2.75, 3.05) is 25.2 Å². The zero-order valence-electron chi connectivity index (χ0n) is 15.2. The molecule has 1 aliphatic rings. The highest BCUT2D eigenvalue weighted by molar-refractivity contribution is 7.89. The first-order valence-electron chi connectivity index (χ1n) is 8.46. The molecular weight excluding hydrogens is 342 g/mol. The smallest absolute Gasteiger partial charge is 0.253 e. The van der Waals surface area contributed by atoms with Crippen LogP contribution in [0.4, 0.5) is 5.69 Å². The van der Waals surface area contributed by atoms with Crippen molar-refractivity contribution in [3.8, 4) is 5.75 Å². The van der Waals surface area contributed by atoms with E-state index in [-0.39, 0.29) is 17.2 Å². The van der Waals surface area contributed by atoms with E-state index < -0.39 is 10.0 Å². The highest BCUT2D eigenvalue weighted by atomic mass is 32.2. The van der Waals surface area contributed by atoms with E-state index in [1.807, 2.05) is 6.92 Å². The van der Waals surface area contributed by atoms with Gasteiger partial charge in [0.15, 0.2) is 0 Å². The molecule has 1 amide bonds. The number of benzene rings is 1. The molecular formula is C17H25N3O4S. The molecule has 0 N–H and O–H groups in total. The number of hydrogen-bond acceptors (Lipinski definition) is 5. The van der Waals surface area contributed by atoms with E-state index in [1.54, 1.807) is 19.9 Å². The summed E-state index contributed by atoms with van der Waals surface area (Å²) in [4.78, 5) is 12.5. The summed E-state index contributed by atoms with van der Waals surface area (Å²) in [6.45, 7) is 6.35. The van der Waals surface area contributed by atoms with Crippen LogP contribution in [0.25, 0.3) is 0 Å². The molecule has 8 heteroatoms. The Morgan fingerprint density at radius 1 is 1.24 bits per heavy atom. The van der Waals surface area contributed by atoms with Crippen molar-refractivity contribution in [3.05, 3.63) is 18.2 Å². The van der Waals surface area contributed by atoms with Gasteiger partial charge in [-0.3, -0.25) is 4.79 Å². The maximum atomic E-state index is 12.8. The van der Waals surface area contributed by atoms with Gasteiger partial charge >= 0.3 is 0 Å². The lowest BCUT2D eigenvalue weighted by Gasteiger charge is -2.21. The summed E-state index contributed by atoms with van der Waals surface area (Å²) in [6.07, 6.45) is 1.89. The van der Waals surface area contributed by atoms with Crippen LogP contribution in [0.5, 0.6) is 5.75 Å². The first-order valence-corrected chi connectivity index (χ1v) is 9.90. The largest absolute Gasteiger partial charge is 0.494 e. The molecule has 0 atom stereocenters. The molecule has 0 bridgehead atoms. The molecule has 25 heavy (non-hydrogen) atoms. The topological polar surface area (TPSA) is 79.3 Å². The fourth-order valence-corrected chi connectivity index (χ4v) is 4.28. The number of hydrogen-bond donors (Lipinski definition) is 0. The zero-order valence-corrected chi connectivity index (χ0v) is 16.0.